The second-order valence-corrected chi connectivity index (χ2v) is 24.4. The molecule has 0 aliphatic rings. The Morgan fingerprint density at radius 2 is 0.612 bits per heavy atom. The fraction of sp³-hybridized carbons (Fsp3) is 0.707. The molecule has 2 atom stereocenters. The lowest BCUT2D eigenvalue weighted by Gasteiger charge is -2.19. The van der Waals surface area contributed by atoms with Crippen molar-refractivity contribution in [2.75, 3.05) is 26.4 Å². The van der Waals surface area contributed by atoms with E-state index in [1.807, 2.05) is 0 Å². The van der Waals surface area contributed by atoms with Crippen LogP contribution in [0.25, 0.3) is 0 Å². The van der Waals surface area contributed by atoms with Gasteiger partial charge in [0.15, 0.2) is 6.10 Å². The zero-order chi connectivity index (χ0) is 61.6. The van der Waals surface area contributed by atoms with Gasteiger partial charge in [-0.15, -0.1) is 0 Å². The minimum absolute atomic E-state index is 0.0497. The molecule has 488 valence electrons. The van der Waals surface area contributed by atoms with E-state index in [4.69, 9.17) is 24.3 Å². The van der Waals surface area contributed by atoms with Crippen molar-refractivity contribution < 1.29 is 37.6 Å². The number of carbonyl (C=O) groups is 2. The first-order chi connectivity index (χ1) is 41.8. The molecule has 0 saturated carbocycles. The maximum absolute atomic E-state index is 12.8. The highest BCUT2D eigenvalue weighted by molar-refractivity contribution is 7.47. The zero-order valence-electron chi connectivity index (χ0n) is 54.8. The third-order valence-electron chi connectivity index (χ3n) is 14.8. The van der Waals surface area contributed by atoms with Gasteiger partial charge in [0.05, 0.1) is 13.2 Å². The lowest BCUT2D eigenvalue weighted by molar-refractivity contribution is -0.161. The molecule has 0 amide bonds. The van der Waals surface area contributed by atoms with Gasteiger partial charge in [-0.3, -0.25) is 18.6 Å². The molecule has 0 rings (SSSR count). The van der Waals surface area contributed by atoms with E-state index in [1.54, 1.807) is 0 Å². The molecule has 0 bridgehead atoms. The molecular formula is C75H130NO8P. The van der Waals surface area contributed by atoms with E-state index >= 15 is 0 Å². The lowest BCUT2D eigenvalue weighted by atomic mass is 10.0. The summed E-state index contributed by atoms with van der Waals surface area (Å²) in [6, 6.07) is 0. The second kappa shape index (κ2) is 69.5. The molecule has 0 aliphatic carbocycles. The molecule has 0 radical (unpaired) electrons. The van der Waals surface area contributed by atoms with Crippen LogP contribution in [0.5, 0.6) is 0 Å². The predicted molar refractivity (Wildman–Crippen MR) is 367 cm³/mol. The first-order valence-corrected chi connectivity index (χ1v) is 36.5. The van der Waals surface area contributed by atoms with Gasteiger partial charge in [0.25, 0.3) is 0 Å². The van der Waals surface area contributed by atoms with Gasteiger partial charge in [0.2, 0.25) is 0 Å². The summed E-state index contributed by atoms with van der Waals surface area (Å²) in [5, 5.41) is 0. The maximum Gasteiger partial charge on any atom is 0.472 e. The van der Waals surface area contributed by atoms with Crippen LogP contribution in [-0.2, 0) is 32.7 Å². The third kappa shape index (κ3) is 69.4. The van der Waals surface area contributed by atoms with Crippen LogP contribution in [0.1, 0.15) is 309 Å². The van der Waals surface area contributed by atoms with Crippen LogP contribution in [0.4, 0.5) is 0 Å². The zero-order valence-corrected chi connectivity index (χ0v) is 55.7. The first kappa shape index (κ1) is 81.4. The molecule has 10 heteroatoms. The average Bonchev–Trinajstić information content (AvgIpc) is 3.52. The Labute approximate surface area is 523 Å². The fourth-order valence-electron chi connectivity index (χ4n) is 9.75. The molecule has 0 aromatic carbocycles. The molecule has 0 fully saturated rings. The Bertz CT molecular complexity index is 1810. The summed E-state index contributed by atoms with van der Waals surface area (Å²) in [6.45, 7) is 3.54. The molecule has 0 aliphatic heterocycles. The highest BCUT2D eigenvalue weighted by atomic mass is 31.2. The summed E-state index contributed by atoms with van der Waals surface area (Å²) < 4.78 is 33.2. The average molecular weight is 1200 g/mol. The number of phosphoric acid groups is 1. The molecule has 0 heterocycles. The van der Waals surface area contributed by atoms with Gasteiger partial charge < -0.3 is 20.1 Å². The minimum Gasteiger partial charge on any atom is -0.462 e. The van der Waals surface area contributed by atoms with E-state index in [0.717, 1.165) is 103 Å². The van der Waals surface area contributed by atoms with Gasteiger partial charge >= 0.3 is 19.8 Å². The largest absolute Gasteiger partial charge is 0.472 e. The summed E-state index contributed by atoms with van der Waals surface area (Å²) in [5.41, 5.74) is 5.40. The first-order valence-electron chi connectivity index (χ1n) is 35.0. The quantitative estimate of drug-likeness (QED) is 0.0264. The van der Waals surface area contributed by atoms with Crippen LogP contribution in [0.2, 0.25) is 0 Å². The molecule has 0 spiro atoms. The number of allylic oxidation sites excluding steroid dienone is 20. The van der Waals surface area contributed by atoms with Crippen LogP contribution >= 0.6 is 7.82 Å². The van der Waals surface area contributed by atoms with Gasteiger partial charge in [0.1, 0.15) is 6.61 Å². The molecule has 0 aromatic rings. The van der Waals surface area contributed by atoms with E-state index in [0.29, 0.717) is 6.42 Å². The van der Waals surface area contributed by atoms with Gasteiger partial charge in [-0.05, 0) is 103 Å². The number of carbonyl (C=O) groups excluding carboxylic acids is 2. The Morgan fingerprint density at radius 1 is 0.353 bits per heavy atom. The minimum atomic E-state index is -4.40. The third-order valence-corrected chi connectivity index (χ3v) is 15.8. The predicted octanol–water partition coefficient (Wildman–Crippen LogP) is 23.1. The van der Waals surface area contributed by atoms with Crippen molar-refractivity contribution in [1.29, 1.82) is 0 Å². The Hall–Kier alpha value is -3.59. The van der Waals surface area contributed by atoms with E-state index in [1.165, 1.54) is 173 Å². The van der Waals surface area contributed by atoms with Crippen LogP contribution < -0.4 is 5.73 Å². The van der Waals surface area contributed by atoms with Gasteiger partial charge in [-0.25, -0.2) is 4.57 Å². The van der Waals surface area contributed by atoms with Crippen molar-refractivity contribution in [2.45, 2.75) is 315 Å². The second-order valence-electron chi connectivity index (χ2n) is 23.0. The van der Waals surface area contributed by atoms with Crippen molar-refractivity contribution in [2.24, 2.45) is 5.73 Å². The summed E-state index contributed by atoms with van der Waals surface area (Å²) >= 11 is 0. The summed E-state index contributed by atoms with van der Waals surface area (Å²) in [6.07, 6.45) is 97.2. The van der Waals surface area contributed by atoms with Crippen LogP contribution in [0.15, 0.2) is 122 Å². The number of esters is 2. The number of unbranched alkanes of at least 4 members (excludes halogenated alkanes) is 32. The number of nitrogens with two attached hydrogens (primary N) is 1. The van der Waals surface area contributed by atoms with E-state index in [2.05, 4.69) is 135 Å². The van der Waals surface area contributed by atoms with Crippen LogP contribution in [0.3, 0.4) is 0 Å². The Balaban J connectivity index is 3.88. The van der Waals surface area contributed by atoms with Crippen molar-refractivity contribution in [3.8, 4) is 0 Å². The number of hydrogen-bond acceptors (Lipinski definition) is 8. The van der Waals surface area contributed by atoms with Gasteiger partial charge in [-0.1, -0.05) is 315 Å². The Morgan fingerprint density at radius 3 is 0.906 bits per heavy atom. The van der Waals surface area contributed by atoms with Gasteiger partial charge in [-0.2, -0.15) is 0 Å². The van der Waals surface area contributed by atoms with Crippen molar-refractivity contribution in [3.05, 3.63) is 122 Å². The van der Waals surface area contributed by atoms with Crippen LogP contribution in [0, 0.1) is 0 Å². The summed E-state index contributed by atoms with van der Waals surface area (Å²) in [4.78, 5) is 35.4. The number of phosphoric ester groups is 1. The van der Waals surface area contributed by atoms with Crippen molar-refractivity contribution in [3.63, 3.8) is 0 Å². The van der Waals surface area contributed by atoms with E-state index in [9.17, 15) is 19.0 Å². The van der Waals surface area contributed by atoms with Crippen molar-refractivity contribution >= 4 is 19.8 Å². The van der Waals surface area contributed by atoms with E-state index < -0.39 is 26.5 Å². The molecular weight excluding hydrogens is 1070 g/mol. The molecule has 3 N–H and O–H groups in total. The van der Waals surface area contributed by atoms with E-state index in [-0.39, 0.29) is 38.6 Å². The number of ether oxygens (including phenoxy) is 2. The SMILES string of the molecule is CC/C=C\C/C=C\C/C=C\C/C=C\C/C=C\C/C=C\CCCCCCCCCCCCCCC(=O)OC(COC(=O)CCCCCCCCCCCCCCCCCCCCCC/C=C\C/C=C\C/C=C\C/C=C\CC)COP(=O)(O)OCCN. The number of hydrogen-bond donors (Lipinski definition) is 2. The smallest absolute Gasteiger partial charge is 0.462 e. The fourth-order valence-corrected chi connectivity index (χ4v) is 10.5. The monoisotopic (exact) mass is 1200 g/mol. The normalized spacial score (nSPS) is 13.7. The maximum atomic E-state index is 12.8. The highest BCUT2D eigenvalue weighted by Crippen LogP contribution is 2.43. The van der Waals surface area contributed by atoms with Crippen LogP contribution in [-0.4, -0.2) is 49.3 Å². The molecule has 9 nitrogen and oxygen atoms in total. The summed E-state index contributed by atoms with van der Waals surface area (Å²) in [7, 11) is -4.40. The standard InChI is InChI=1S/C75H130NO8P/c1-3-5-7-9-11-13-15-17-19-21-23-25-27-29-31-33-35-36-38-39-41-43-45-47-49-51-53-55-57-59-61-63-65-67-74(77)81-71-73(72-83-85(79,80)82-70-69-76)84-75(78)68-66-64-62-60-58-56-54-52-50-48-46-44-42-40-37-34-32-30-28-26-24-22-20-18-16-14-12-10-8-6-4-2/h5-8,11-14,17-20,23-26,30,32,37,40,73H,3-4,9-10,15-16,21-22,27-29,31,33-36,38-39,41-72,76H2,1-2H3,(H,79,80)/b7-5-,8-6-,13-11-,14-12-,19-17-,20-18-,25-23-,26-24-,32-30-,40-37-. The number of rotatable bonds is 65. The highest BCUT2D eigenvalue weighted by Gasteiger charge is 2.26. The van der Waals surface area contributed by atoms with Gasteiger partial charge in [0, 0.05) is 19.4 Å². The molecule has 0 saturated heterocycles. The summed E-state index contributed by atoms with van der Waals surface area (Å²) in [5.74, 6) is -0.823. The topological polar surface area (TPSA) is 134 Å². The molecule has 85 heavy (non-hydrogen) atoms. The van der Waals surface area contributed by atoms with Crippen molar-refractivity contribution in [1.82, 2.24) is 0 Å². The Kier molecular flexibility index (Phi) is 66.6. The molecule has 2 unspecified atom stereocenters. The molecule has 0 aromatic heterocycles. The lowest BCUT2D eigenvalue weighted by Crippen LogP contribution is -2.29.